The fourth-order valence-corrected chi connectivity index (χ4v) is 11.9. The number of allylic oxidation sites excluding steroid dienone is 3. The van der Waals surface area contributed by atoms with Gasteiger partial charge in [-0.15, -0.1) is 0 Å². The number of fused-ring (bicyclic) bond motifs is 14. The molecule has 0 amide bonds. The number of furan rings is 2. The van der Waals surface area contributed by atoms with Crippen LogP contribution in [0.3, 0.4) is 0 Å². The number of benzene rings is 8. The van der Waals surface area contributed by atoms with Crippen molar-refractivity contribution in [1.29, 1.82) is 0 Å². The summed E-state index contributed by atoms with van der Waals surface area (Å²) in [5.74, 6) is 0.957. The zero-order chi connectivity index (χ0) is 43.5. The Morgan fingerprint density at radius 3 is 1.83 bits per heavy atom. The lowest BCUT2D eigenvalue weighted by Gasteiger charge is -2.36. The molecule has 4 heterocycles. The van der Waals surface area contributed by atoms with Crippen LogP contribution in [0.4, 0.5) is 0 Å². The molecule has 0 N–H and O–H groups in total. The second-order valence-corrected chi connectivity index (χ2v) is 20.2. The van der Waals surface area contributed by atoms with Crippen LogP contribution in [-0.2, 0) is 5.41 Å². The normalized spacial score (nSPS) is 17.9. The van der Waals surface area contributed by atoms with E-state index in [9.17, 15) is 0 Å². The first-order chi connectivity index (χ1) is 31.6. The third-order valence-corrected chi connectivity index (χ3v) is 15.3. The average Bonchev–Trinajstić information content (AvgIpc) is 4.06. The topological polar surface area (TPSA) is 30.7 Å². The third-order valence-electron chi connectivity index (χ3n) is 15.3. The summed E-state index contributed by atoms with van der Waals surface area (Å²) in [7, 11) is 0. The molecule has 0 spiro atoms. The van der Waals surface area contributed by atoms with Gasteiger partial charge < -0.3 is 13.2 Å². The number of rotatable bonds is 3. The van der Waals surface area contributed by atoms with Crippen LogP contribution in [0.25, 0.3) is 116 Å². The van der Waals surface area contributed by atoms with Gasteiger partial charge >= 0.3 is 0 Å². The zero-order valence-electron chi connectivity index (χ0n) is 37.3. The number of hydrogen-bond donors (Lipinski definition) is 0. The van der Waals surface area contributed by atoms with Crippen LogP contribution >= 0.6 is 0 Å². The van der Waals surface area contributed by atoms with E-state index in [4.69, 9.17) is 8.83 Å². The summed E-state index contributed by atoms with van der Waals surface area (Å²) >= 11 is 0. The van der Waals surface area contributed by atoms with Crippen molar-refractivity contribution in [3.63, 3.8) is 0 Å². The van der Waals surface area contributed by atoms with Crippen LogP contribution in [0.5, 0.6) is 0 Å². The Morgan fingerprint density at radius 2 is 1.11 bits per heavy atom. The van der Waals surface area contributed by atoms with Crippen LogP contribution in [-0.4, -0.2) is 4.40 Å². The highest BCUT2D eigenvalue weighted by molar-refractivity contribution is 6.21. The van der Waals surface area contributed by atoms with Crippen molar-refractivity contribution in [2.45, 2.75) is 52.4 Å². The lowest BCUT2D eigenvalue weighted by atomic mass is 9.69. The summed E-state index contributed by atoms with van der Waals surface area (Å²) in [5, 5.41) is 11.2. The van der Waals surface area contributed by atoms with Gasteiger partial charge in [-0.1, -0.05) is 137 Å². The highest BCUT2D eigenvalue weighted by Gasteiger charge is 2.37. The molecule has 4 aromatic heterocycles. The Kier molecular flexibility index (Phi) is 7.48. The minimum Gasteiger partial charge on any atom is -0.456 e. The molecule has 14 rings (SSSR count). The summed E-state index contributed by atoms with van der Waals surface area (Å²) in [6.07, 6.45) is 6.25. The van der Waals surface area contributed by atoms with Gasteiger partial charge in [0.2, 0.25) is 0 Å². The molecule has 3 atom stereocenters. The second-order valence-electron chi connectivity index (χ2n) is 20.2. The Hall–Kier alpha value is -7.36. The van der Waals surface area contributed by atoms with Gasteiger partial charge in [-0.05, 0) is 134 Å². The van der Waals surface area contributed by atoms with E-state index in [1.54, 1.807) is 5.57 Å². The molecule has 12 aromatic rings. The maximum Gasteiger partial charge on any atom is 0.135 e. The molecule has 312 valence electrons. The van der Waals surface area contributed by atoms with Gasteiger partial charge in [-0.25, -0.2) is 0 Å². The highest BCUT2D eigenvalue weighted by atomic mass is 16.3. The van der Waals surface area contributed by atoms with E-state index >= 15 is 0 Å². The monoisotopic (exact) mass is 837 g/mol. The smallest absolute Gasteiger partial charge is 0.135 e. The molecular formula is C62H47NO2. The van der Waals surface area contributed by atoms with Gasteiger partial charge in [-0.2, -0.15) is 0 Å². The van der Waals surface area contributed by atoms with Crippen LogP contribution in [0, 0.1) is 11.8 Å². The first-order valence-electron chi connectivity index (χ1n) is 23.3. The van der Waals surface area contributed by atoms with Gasteiger partial charge in [0.25, 0.3) is 0 Å². The van der Waals surface area contributed by atoms with Gasteiger partial charge in [0.15, 0.2) is 0 Å². The van der Waals surface area contributed by atoms with Crippen molar-refractivity contribution in [2.24, 2.45) is 11.8 Å². The molecule has 65 heavy (non-hydrogen) atoms. The van der Waals surface area contributed by atoms with E-state index in [-0.39, 0.29) is 11.3 Å². The number of aromatic nitrogens is 1. The van der Waals surface area contributed by atoms with E-state index in [2.05, 4.69) is 197 Å². The van der Waals surface area contributed by atoms with Gasteiger partial charge in [0.1, 0.15) is 22.3 Å². The molecular weight excluding hydrogens is 791 g/mol. The number of hydrogen-bond acceptors (Lipinski definition) is 2. The van der Waals surface area contributed by atoms with E-state index in [1.807, 2.05) is 6.07 Å². The second kappa shape index (κ2) is 13.1. The largest absolute Gasteiger partial charge is 0.456 e. The van der Waals surface area contributed by atoms with Crippen molar-refractivity contribution >= 4 is 93.5 Å². The Balaban J connectivity index is 0.968. The van der Waals surface area contributed by atoms with E-state index in [0.717, 1.165) is 39.5 Å². The summed E-state index contributed by atoms with van der Waals surface area (Å²) < 4.78 is 15.1. The quantitative estimate of drug-likeness (QED) is 0.177. The minimum atomic E-state index is 0.0950. The van der Waals surface area contributed by atoms with Crippen molar-refractivity contribution in [3.8, 4) is 22.3 Å². The van der Waals surface area contributed by atoms with Crippen molar-refractivity contribution in [3.05, 3.63) is 186 Å². The van der Waals surface area contributed by atoms with Crippen LogP contribution in [0.15, 0.2) is 172 Å². The fourth-order valence-electron chi connectivity index (χ4n) is 11.9. The molecule has 8 aromatic carbocycles. The van der Waals surface area contributed by atoms with Crippen molar-refractivity contribution < 1.29 is 8.83 Å². The molecule has 0 aliphatic heterocycles. The predicted molar refractivity (Wildman–Crippen MR) is 273 cm³/mol. The van der Waals surface area contributed by atoms with Gasteiger partial charge in [-0.3, -0.25) is 0 Å². The predicted octanol–water partition coefficient (Wildman–Crippen LogP) is 17.5. The Bertz CT molecular complexity index is 4040. The Morgan fingerprint density at radius 1 is 0.508 bits per heavy atom. The van der Waals surface area contributed by atoms with Gasteiger partial charge in [0.05, 0.1) is 11.0 Å². The third kappa shape index (κ3) is 5.36. The molecule has 3 unspecified atom stereocenters. The Labute approximate surface area is 377 Å². The molecule has 0 radical (unpaired) electrons. The van der Waals surface area contributed by atoms with Crippen molar-refractivity contribution in [2.75, 3.05) is 0 Å². The van der Waals surface area contributed by atoms with Crippen LogP contribution in [0.1, 0.15) is 69.3 Å². The molecule has 0 saturated heterocycles. The van der Waals surface area contributed by atoms with E-state index in [0.29, 0.717) is 11.8 Å². The SMILES string of the molecule is CC1CC2=Cc3c(n4c5cc6cc(-c7ccc8oc9ccccc9c8c7)ccc6cc5c5cc(-c6ccc(C(C)(C)C)cc6)cc3c54)C(C)C2C=C1c1ccc2oc3ccccc3c2c1. The average molecular weight is 838 g/mol. The first-order valence-corrected chi connectivity index (χ1v) is 23.3. The molecule has 0 fully saturated rings. The molecule has 0 bridgehead atoms. The molecule has 2 aliphatic carbocycles. The molecule has 0 saturated carbocycles. The standard InChI is InChI=1S/C62H47NO2/c1-34-24-43-31-53-54-30-42(36-16-20-44(21-17-36)62(3,4)5)29-52-49-26-39-15-14-37(38-18-22-58-50(27-38)45-10-6-8-12-56(45)64-58)25-41(39)32-55(49)63(61(52)54)60(53)35(2)48(43)33-47(34)40-19-23-59-51(28-40)46-11-7-9-13-57(46)65-59/h6-23,25-35,48H,24H2,1-5H3. The van der Waals surface area contributed by atoms with Crippen LogP contribution in [0.2, 0.25) is 0 Å². The summed E-state index contributed by atoms with van der Waals surface area (Å²) in [6, 6.07) is 56.3. The highest BCUT2D eigenvalue weighted by Crippen LogP contribution is 2.53. The van der Waals surface area contributed by atoms with Crippen LogP contribution < -0.4 is 0 Å². The fraction of sp³-hybridized carbons (Fsp3) is 0.161. The molecule has 3 nitrogen and oxygen atoms in total. The maximum absolute atomic E-state index is 6.25. The maximum atomic E-state index is 6.25. The minimum absolute atomic E-state index is 0.0950. The summed E-state index contributed by atoms with van der Waals surface area (Å²) in [6.45, 7) is 11.8. The van der Waals surface area contributed by atoms with Crippen molar-refractivity contribution in [1.82, 2.24) is 4.40 Å². The molecule has 2 aliphatic rings. The lowest BCUT2D eigenvalue weighted by Crippen LogP contribution is -2.23. The lowest BCUT2D eigenvalue weighted by molar-refractivity contribution is 0.530. The first kappa shape index (κ1) is 37.1. The molecule has 3 heteroatoms. The van der Waals surface area contributed by atoms with E-state index in [1.165, 1.54) is 98.9 Å². The van der Waals surface area contributed by atoms with Gasteiger partial charge in [0, 0.05) is 60.8 Å². The number of nitrogens with zero attached hydrogens (tertiary/aromatic N) is 1. The summed E-state index contributed by atoms with van der Waals surface area (Å²) in [5.41, 5.74) is 19.8. The van der Waals surface area contributed by atoms with E-state index < -0.39 is 0 Å². The zero-order valence-corrected chi connectivity index (χ0v) is 37.3. The number of para-hydroxylation sites is 2. The summed E-state index contributed by atoms with van der Waals surface area (Å²) in [4.78, 5) is 0.